The molecule has 0 spiro atoms. The monoisotopic (exact) mass is 515 g/mol. The Bertz CT molecular complexity index is 1400. The second kappa shape index (κ2) is 10.9. The molecule has 1 aromatic heterocycles. The van der Waals surface area contributed by atoms with Crippen molar-refractivity contribution in [2.24, 2.45) is 0 Å². The molecule has 0 radical (unpaired) electrons. The number of hydrogen-bond acceptors (Lipinski definition) is 5. The summed E-state index contributed by atoms with van der Waals surface area (Å²) in [5.41, 5.74) is 3.41. The molecule has 0 bridgehead atoms. The first-order valence-corrected chi connectivity index (χ1v) is 12.5. The first kappa shape index (κ1) is 24.7. The normalized spacial score (nSPS) is 14.4. The van der Waals surface area contributed by atoms with E-state index in [0.29, 0.717) is 27.7 Å². The van der Waals surface area contributed by atoms with E-state index in [-0.39, 0.29) is 17.6 Å². The quantitative estimate of drug-likeness (QED) is 0.259. The molecule has 1 aliphatic heterocycles. The van der Waals surface area contributed by atoms with Gasteiger partial charge < -0.3 is 5.32 Å². The number of piperidine rings is 1. The number of carbonyl (C=O) groups excluding carboxylic acids is 1. The molecule has 1 saturated heterocycles. The summed E-state index contributed by atoms with van der Waals surface area (Å²) >= 11 is 6.45. The maximum absolute atomic E-state index is 13.5. The van der Waals surface area contributed by atoms with Crippen LogP contribution in [0.5, 0.6) is 0 Å². The summed E-state index contributed by atoms with van der Waals surface area (Å²) in [7, 11) is 0. The third-order valence-electron chi connectivity index (χ3n) is 6.57. The minimum atomic E-state index is -0.448. The largest absolute Gasteiger partial charge is 0.348 e. The van der Waals surface area contributed by atoms with E-state index in [1.165, 1.54) is 17.7 Å². The van der Waals surface area contributed by atoms with Crippen LogP contribution in [-0.4, -0.2) is 44.6 Å². The molecule has 188 valence electrons. The topological polar surface area (TPSA) is 93.3 Å². The fourth-order valence-corrected chi connectivity index (χ4v) is 4.80. The number of hydrogen-bond donors (Lipinski definition) is 1. The molecule has 0 saturated carbocycles. The molecule has 37 heavy (non-hydrogen) atoms. The number of amides is 1. The number of rotatable bonds is 7. The van der Waals surface area contributed by atoms with Gasteiger partial charge in [-0.25, -0.2) is 4.68 Å². The zero-order valence-electron chi connectivity index (χ0n) is 20.1. The highest BCUT2D eigenvalue weighted by Gasteiger charge is 2.25. The van der Waals surface area contributed by atoms with Crippen LogP contribution in [0.2, 0.25) is 5.02 Å². The zero-order chi connectivity index (χ0) is 25.8. The van der Waals surface area contributed by atoms with Gasteiger partial charge in [-0.05, 0) is 48.7 Å². The van der Waals surface area contributed by atoms with Gasteiger partial charge in [0, 0.05) is 43.4 Å². The molecule has 1 N–H and O–H groups in total. The van der Waals surface area contributed by atoms with E-state index in [0.717, 1.165) is 32.5 Å². The van der Waals surface area contributed by atoms with Crippen molar-refractivity contribution in [3.8, 4) is 16.9 Å². The maximum atomic E-state index is 13.5. The Balaban J connectivity index is 1.34. The van der Waals surface area contributed by atoms with E-state index in [1.807, 2.05) is 18.2 Å². The Morgan fingerprint density at radius 1 is 1.00 bits per heavy atom. The number of nitro groups is 1. The predicted octanol–water partition coefficient (Wildman–Crippen LogP) is 5.50. The van der Waals surface area contributed by atoms with E-state index in [2.05, 4.69) is 39.6 Å². The number of carbonyl (C=O) groups is 1. The number of halogens is 1. The summed E-state index contributed by atoms with van der Waals surface area (Å²) in [5, 5.41) is 19.3. The van der Waals surface area contributed by atoms with Gasteiger partial charge >= 0.3 is 0 Å². The van der Waals surface area contributed by atoms with E-state index in [4.69, 9.17) is 11.6 Å². The molecule has 1 amide bonds. The van der Waals surface area contributed by atoms with Gasteiger partial charge in [0.25, 0.3) is 11.6 Å². The maximum Gasteiger partial charge on any atom is 0.270 e. The number of non-ortho nitro benzene ring substituents is 1. The molecule has 3 aromatic carbocycles. The molecule has 0 unspecified atom stereocenters. The smallest absolute Gasteiger partial charge is 0.270 e. The molecule has 9 heteroatoms. The van der Waals surface area contributed by atoms with Gasteiger partial charge in [0.2, 0.25) is 0 Å². The molecule has 4 aromatic rings. The van der Waals surface area contributed by atoms with E-state index in [9.17, 15) is 14.9 Å². The van der Waals surface area contributed by atoms with Crippen LogP contribution in [0.4, 0.5) is 5.69 Å². The second-order valence-corrected chi connectivity index (χ2v) is 9.50. The number of nitrogens with one attached hydrogen (secondary N) is 1. The van der Waals surface area contributed by atoms with Crippen molar-refractivity contribution < 1.29 is 9.72 Å². The summed E-state index contributed by atoms with van der Waals surface area (Å²) in [4.78, 5) is 26.4. The number of aromatic nitrogens is 2. The van der Waals surface area contributed by atoms with Crippen molar-refractivity contribution in [3.63, 3.8) is 0 Å². The number of likely N-dealkylation sites (tertiary alicyclic amines) is 1. The molecule has 1 fully saturated rings. The van der Waals surface area contributed by atoms with Gasteiger partial charge in [-0.15, -0.1) is 0 Å². The van der Waals surface area contributed by atoms with Gasteiger partial charge in [-0.2, -0.15) is 5.10 Å². The van der Waals surface area contributed by atoms with Crippen LogP contribution >= 0.6 is 11.6 Å². The van der Waals surface area contributed by atoms with Crippen molar-refractivity contribution in [1.82, 2.24) is 20.0 Å². The highest BCUT2D eigenvalue weighted by molar-refractivity contribution is 6.32. The Kier molecular flexibility index (Phi) is 7.30. The van der Waals surface area contributed by atoms with Crippen LogP contribution in [0.15, 0.2) is 84.9 Å². The average Bonchev–Trinajstić information content (AvgIpc) is 3.36. The fourth-order valence-electron chi connectivity index (χ4n) is 4.58. The molecule has 0 atom stereocenters. The van der Waals surface area contributed by atoms with Gasteiger partial charge in [-0.3, -0.25) is 19.8 Å². The summed E-state index contributed by atoms with van der Waals surface area (Å²) in [6.07, 6.45) is 1.71. The van der Waals surface area contributed by atoms with Crippen molar-refractivity contribution in [2.75, 3.05) is 13.1 Å². The van der Waals surface area contributed by atoms with Crippen molar-refractivity contribution >= 4 is 23.2 Å². The lowest BCUT2D eigenvalue weighted by atomic mass is 10.0. The second-order valence-electron chi connectivity index (χ2n) is 9.09. The highest BCUT2D eigenvalue weighted by atomic mass is 35.5. The zero-order valence-corrected chi connectivity index (χ0v) is 20.8. The standard InChI is InChI=1S/C28H26ClN5O3/c29-24-8-4-5-9-26(24)33-27(18-25(31-33)21-10-12-23(13-11-21)34(36)37)28(35)30-22-14-16-32(17-15-22)19-20-6-2-1-3-7-20/h1-13,18,22H,14-17,19H2,(H,30,35). The molecule has 2 heterocycles. The van der Waals surface area contributed by atoms with Crippen molar-refractivity contribution in [2.45, 2.75) is 25.4 Å². The van der Waals surface area contributed by atoms with Crippen molar-refractivity contribution in [3.05, 3.63) is 111 Å². The molecular weight excluding hydrogens is 490 g/mol. The summed E-state index contributed by atoms with van der Waals surface area (Å²) in [6.45, 7) is 2.70. The average molecular weight is 516 g/mol. The number of para-hydroxylation sites is 1. The minimum absolute atomic E-state index is 0.00846. The molecule has 1 aliphatic rings. The van der Waals surface area contributed by atoms with Gasteiger partial charge in [0.05, 0.1) is 21.3 Å². The van der Waals surface area contributed by atoms with Gasteiger partial charge in [0.1, 0.15) is 5.69 Å². The van der Waals surface area contributed by atoms with Gasteiger partial charge in [0.15, 0.2) is 0 Å². The van der Waals surface area contributed by atoms with E-state index < -0.39 is 4.92 Å². The number of nitro benzene ring substituents is 1. The number of nitrogens with zero attached hydrogens (tertiary/aromatic N) is 4. The third kappa shape index (κ3) is 5.71. The lowest BCUT2D eigenvalue weighted by Gasteiger charge is -2.32. The molecule has 5 rings (SSSR count). The van der Waals surface area contributed by atoms with E-state index >= 15 is 0 Å². The first-order chi connectivity index (χ1) is 18.0. The Morgan fingerprint density at radius 3 is 2.35 bits per heavy atom. The SMILES string of the molecule is O=C(NC1CCN(Cc2ccccc2)CC1)c1cc(-c2ccc([N+](=O)[O-])cc2)nn1-c1ccccc1Cl. The lowest BCUT2D eigenvalue weighted by molar-refractivity contribution is -0.384. The Morgan fingerprint density at radius 2 is 1.68 bits per heavy atom. The predicted molar refractivity (Wildman–Crippen MR) is 143 cm³/mol. The third-order valence-corrected chi connectivity index (χ3v) is 6.89. The van der Waals surface area contributed by atoms with Crippen LogP contribution in [-0.2, 0) is 6.54 Å². The van der Waals surface area contributed by atoms with Crippen LogP contribution in [0.3, 0.4) is 0 Å². The summed E-state index contributed by atoms with van der Waals surface area (Å²) in [6, 6.07) is 25.4. The molecular formula is C28H26ClN5O3. The lowest BCUT2D eigenvalue weighted by Crippen LogP contribution is -2.44. The van der Waals surface area contributed by atoms with Gasteiger partial charge in [-0.1, -0.05) is 54.1 Å². The van der Waals surface area contributed by atoms with Crippen LogP contribution in [0.25, 0.3) is 16.9 Å². The molecule has 0 aliphatic carbocycles. The van der Waals surface area contributed by atoms with Crippen molar-refractivity contribution in [1.29, 1.82) is 0 Å². The first-order valence-electron chi connectivity index (χ1n) is 12.1. The Hall–Kier alpha value is -4.01. The van der Waals surface area contributed by atoms with Crippen LogP contribution < -0.4 is 5.32 Å². The van der Waals surface area contributed by atoms with Crippen LogP contribution in [0.1, 0.15) is 28.9 Å². The Labute approximate surface area is 219 Å². The van der Waals surface area contributed by atoms with E-state index in [1.54, 1.807) is 35.0 Å². The number of benzene rings is 3. The molecule has 8 nitrogen and oxygen atoms in total. The summed E-state index contributed by atoms with van der Waals surface area (Å²) in [5.74, 6) is -0.234. The van der Waals surface area contributed by atoms with Crippen LogP contribution in [0, 0.1) is 10.1 Å². The fraction of sp³-hybridized carbons (Fsp3) is 0.214. The minimum Gasteiger partial charge on any atom is -0.348 e. The highest BCUT2D eigenvalue weighted by Crippen LogP contribution is 2.27. The summed E-state index contributed by atoms with van der Waals surface area (Å²) < 4.78 is 1.54.